The Kier molecular flexibility index (Phi) is 7.13. The van der Waals surface area contributed by atoms with E-state index in [0.29, 0.717) is 31.9 Å². The van der Waals surface area contributed by atoms with Gasteiger partial charge in [-0.05, 0) is 68.1 Å². The maximum Gasteiger partial charge on any atom is 0.251 e. The van der Waals surface area contributed by atoms with E-state index in [1.54, 1.807) is 12.1 Å². The monoisotopic (exact) mass is 457 g/mol. The van der Waals surface area contributed by atoms with Gasteiger partial charge in [0.25, 0.3) is 5.91 Å². The van der Waals surface area contributed by atoms with Crippen molar-refractivity contribution in [2.75, 3.05) is 44.3 Å². The molecule has 0 bridgehead atoms. The Morgan fingerprint density at radius 1 is 0.906 bits per heavy atom. The predicted molar refractivity (Wildman–Crippen MR) is 124 cm³/mol. The minimum atomic E-state index is -3.57. The molecule has 0 aromatic heterocycles. The molecule has 2 fully saturated rings. The van der Waals surface area contributed by atoms with Crippen molar-refractivity contribution >= 4 is 21.6 Å². The summed E-state index contributed by atoms with van der Waals surface area (Å²) in [5.74, 6) is -0.229. The lowest BCUT2D eigenvalue weighted by Crippen LogP contribution is -2.40. The second kappa shape index (κ2) is 10.0. The number of hydrogen-bond acceptors (Lipinski definition) is 5. The van der Waals surface area contributed by atoms with Gasteiger partial charge in [-0.3, -0.25) is 4.79 Å². The molecule has 8 heteroatoms. The van der Waals surface area contributed by atoms with E-state index in [0.717, 1.165) is 18.7 Å². The largest absolute Gasteiger partial charge is 0.379 e. The lowest BCUT2D eigenvalue weighted by atomic mass is 10.1. The van der Waals surface area contributed by atoms with E-state index in [2.05, 4.69) is 34.5 Å². The van der Waals surface area contributed by atoms with E-state index in [9.17, 15) is 13.2 Å². The molecule has 1 amide bonds. The number of sulfonamides is 1. The van der Waals surface area contributed by atoms with Crippen LogP contribution in [0.25, 0.3) is 0 Å². The molecule has 2 aromatic carbocycles. The average Bonchev–Trinajstić information content (AvgIpc) is 2.85. The molecule has 32 heavy (non-hydrogen) atoms. The van der Waals surface area contributed by atoms with Gasteiger partial charge in [-0.2, -0.15) is 4.31 Å². The molecule has 1 atom stereocenters. The van der Waals surface area contributed by atoms with Gasteiger partial charge in [0.1, 0.15) is 0 Å². The number of anilines is 1. The number of nitrogens with one attached hydrogen (secondary N) is 1. The summed E-state index contributed by atoms with van der Waals surface area (Å²) in [6, 6.07) is 14.3. The first-order valence-corrected chi connectivity index (χ1v) is 12.7. The summed E-state index contributed by atoms with van der Waals surface area (Å²) in [5.41, 5.74) is 2.69. The molecule has 2 aliphatic heterocycles. The van der Waals surface area contributed by atoms with Crippen molar-refractivity contribution in [1.82, 2.24) is 9.62 Å². The highest BCUT2D eigenvalue weighted by atomic mass is 32.2. The standard InChI is InChI=1S/C24H31N3O4S/c1-19(20-5-9-22(10-6-20)26-13-3-2-4-14-26)25-24(28)21-7-11-23(12-8-21)32(29,30)27-15-17-31-18-16-27/h5-12,19H,2-4,13-18H2,1H3,(H,25,28). The van der Waals surface area contributed by atoms with Crippen molar-refractivity contribution in [1.29, 1.82) is 0 Å². The number of rotatable bonds is 6. The van der Waals surface area contributed by atoms with Crippen LogP contribution in [-0.2, 0) is 14.8 Å². The lowest BCUT2D eigenvalue weighted by Gasteiger charge is -2.29. The van der Waals surface area contributed by atoms with Crippen LogP contribution in [0.1, 0.15) is 48.1 Å². The van der Waals surface area contributed by atoms with Crippen molar-refractivity contribution in [3.63, 3.8) is 0 Å². The molecular weight excluding hydrogens is 426 g/mol. The van der Waals surface area contributed by atoms with Crippen LogP contribution >= 0.6 is 0 Å². The summed E-state index contributed by atoms with van der Waals surface area (Å²) in [6.45, 7) is 5.64. The van der Waals surface area contributed by atoms with E-state index in [1.165, 1.54) is 41.4 Å². The van der Waals surface area contributed by atoms with E-state index >= 15 is 0 Å². The number of morpholine rings is 1. The van der Waals surface area contributed by atoms with Crippen molar-refractivity contribution < 1.29 is 17.9 Å². The Morgan fingerprint density at radius 2 is 1.53 bits per heavy atom. The molecular formula is C24H31N3O4S. The number of nitrogens with zero attached hydrogens (tertiary/aromatic N) is 2. The Morgan fingerprint density at radius 3 is 2.16 bits per heavy atom. The van der Waals surface area contributed by atoms with Crippen molar-refractivity contribution in [3.8, 4) is 0 Å². The fourth-order valence-corrected chi connectivity index (χ4v) is 5.61. The highest BCUT2D eigenvalue weighted by Crippen LogP contribution is 2.23. The summed E-state index contributed by atoms with van der Waals surface area (Å²) >= 11 is 0. The normalized spacial score (nSPS) is 18.8. The fraction of sp³-hybridized carbons (Fsp3) is 0.458. The van der Waals surface area contributed by atoms with Crippen LogP contribution in [0.4, 0.5) is 5.69 Å². The van der Waals surface area contributed by atoms with Crippen molar-refractivity contribution in [2.45, 2.75) is 37.1 Å². The van der Waals surface area contributed by atoms with Gasteiger partial charge in [0.05, 0.1) is 24.2 Å². The molecule has 1 N–H and O–H groups in total. The van der Waals surface area contributed by atoms with Gasteiger partial charge in [-0.1, -0.05) is 12.1 Å². The highest BCUT2D eigenvalue weighted by Gasteiger charge is 2.26. The number of hydrogen-bond donors (Lipinski definition) is 1. The van der Waals surface area contributed by atoms with Gasteiger partial charge in [0.15, 0.2) is 0 Å². The lowest BCUT2D eigenvalue weighted by molar-refractivity contribution is 0.0730. The first kappa shape index (κ1) is 22.8. The van der Waals surface area contributed by atoms with Gasteiger partial charge in [0, 0.05) is 37.4 Å². The smallest absolute Gasteiger partial charge is 0.251 e. The molecule has 0 aliphatic carbocycles. The zero-order valence-corrected chi connectivity index (χ0v) is 19.3. The Labute approximate surface area is 190 Å². The Hall–Kier alpha value is -2.42. The molecule has 2 saturated heterocycles. The number of ether oxygens (including phenoxy) is 1. The van der Waals surface area contributed by atoms with Crippen LogP contribution in [0.5, 0.6) is 0 Å². The van der Waals surface area contributed by atoms with Gasteiger partial charge in [-0.25, -0.2) is 8.42 Å². The third kappa shape index (κ3) is 5.14. The topological polar surface area (TPSA) is 79.0 Å². The summed E-state index contributed by atoms with van der Waals surface area (Å²) in [4.78, 5) is 15.3. The number of carbonyl (C=O) groups is 1. The third-order valence-electron chi connectivity index (χ3n) is 6.19. The van der Waals surface area contributed by atoms with Crippen molar-refractivity contribution in [3.05, 3.63) is 59.7 Å². The van der Waals surface area contributed by atoms with Crippen molar-refractivity contribution in [2.24, 2.45) is 0 Å². The zero-order valence-electron chi connectivity index (χ0n) is 18.5. The van der Waals surface area contributed by atoms with E-state index in [4.69, 9.17) is 4.74 Å². The second-order valence-electron chi connectivity index (χ2n) is 8.38. The summed E-state index contributed by atoms with van der Waals surface area (Å²) in [7, 11) is -3.57. The van der Waals surface area contributed by atoms with E-state index < -0.39 is 10.0 Å². The average molecular weight is 458 g/mol. The molecule has 0 radical (unpaired) electrons. The highest BCUT2D eigenvalue weighted by molar-refractivity contribution is 7.89. The number of amides is 1. The molecule has 2 aliphatic rings. The molecule has 4 rings (SSSR count). The number of carbonyl (C=O) groups excluding carboxylic acids is 1. The molecule has 2 aromatic rings. The van der Waals surface area contributed by atoms with Crippen LogP contribution in [0.2, 0.25) is 0 Å². The van der Waals surface area contributed by atoms with Crippen LogP contribution in [-0.4, -0.2) is 58.0 Å². The van der Waals surface area contributed by atoms with Crippen LogP contribution in [0, 0.1) is 0 Å². The summed E-state index contributed by atoms with van der Waals surface area (Å²) < 4.78 is 32.1. The minimum Gasteiger partial charge on any atom is -0.379 e. The Balaban J connectivity index is 1.38. The predicted octanol–water partition coefficient (Wildman–Crippen LogP) is 3.19. The molecule has 0 spiro atoms. The zero-order chi connectivity index (χ0) is 22.6. The maximum atomic E-state index is 12.7. The molecule has 7 nitrogen and oxygen atoms in total. The first-order chi connectivity index (χ1) is 15.4. The third-order valence-corrected chi connectivity index (χ3v) is 8.10. The molecule has 2 heterocycles. The van der Waals surface area contributed by atoms with Gasteiger partial charge in [0.2, 0.25) is 10.0 Å². The van der Waals surface area contributed by atoms with Crippen LogP contribution in [0.3, 0.4) is 0 Å². The van der Waals surface area contributed by atoms with Crippen LogP contribution < -0.4 is 10.2 Å². The molecule has 172 valence electrons. The SMILES string of the molecule is CC(NC(=O)c1ccc(S(=O)(=O)N2CCOCC2)cc1)c1ccc(N2CCCCC2)cc1. The second-order valence-corrected chi connectivity index (χ2v) is 10.3. The first-order valence-electron chi connectivity index (χ1n) is 11.3. The molecule has 1 unspecified atom stereocenters. The maximum absolute atomic E-state index is 12.7. The van der Waals surface area contributed by atoms with Gasteiger partial charge < -0.3 is 15.0 Å². The fourth-order valence-electron chi connectivity index (χ4n) is 4.20. The summed E-state index contributed by atoms with van der Waals surface area (Å²) in [6.07, 6.45) is 3.78. The Bertz CT molecular complexity index is 1010. The number of piperidine rings is 1. The minimum absolute atomic E-state index is 0.158. The quantitative estimate of drug-likeness (QED) is 0.721. The number of benzene rings is 2. The van der Waals surface area contributed by atoms with Crippen LogP contribution in [0.15, 0.2) is 53.4 Å². The summed E-state index contributed by atoms with van der Waals surface area (Å²) in [5, 5.41) is 3.00. The van der Waals surface area contributed by atoms with Gasteiger partial charge >= 0.3 is 0 Å². The van der Waals surface area contributed by atoms with Gasteiger partial charge in [-0.15, -0.1) is 0 Å². The molecule has 0 saturated carbocycles. The van der Waals surface area contributed by atoms with E-state index in [-0.39, 0.29) is 16.8 Å². The van der Waals surface area contributed by atoms with E-state index in [1.807, 2.05) is 6.92 Å².